The smallest absolute Gasteiger partial charge is 0.319 e. The zero-order valence-electron chi connectivity index (χ0n) is 13.5. The quantitative estimate of drug-likeness (QED) is 0.234. The highest BCUT2D eigenvalue weighted by Gasteiger charge is 2.24. The van der Waals surface area contributed by atoms with Crippen molar-refractivity contribution in [3.8, 4) is 0 Å². The summed E-state index contributed by atoms with van der Waals surface area (Å²) in [5.74, 6) is -3.72. The SMILES string of the molecule is CCC(C)OC(=O)C(CC)Sc1cc(C(=O)N=[N+]=[N-])c(F)cc1F. The minimum absolute atomic E-state index is 0.0964. The van der Waals surface area contributed by atoms with Gasteiger partial charge in [0.1, 0.15) is 16.9 Å². The van der Waals surface area contributed by atoms with E-state index in [9.17, 15) is 18.4 Å². The number of azide groups is 1. The summed E-state index contributed by atoms with van der Waals surface area (Å²) < 4.78 is 32.8. The van der Waals surface area contributed by atoms with Gasteiger partial charge in [-0.1, -0.05) is 13.8 Å². The van der Waals surface area contributed by atoms with Crippen LogP contribution in [0.3, 0.4) is 0 Å². The molecule has 0 aliphatic rings. The van der Waals surface area contributed by atoms with Crippen LogP contribution in [-0.4, -0.2) is 23.2 Å². The summed E-state index contributed by atoms with van der Waals surface area (Å²) in [5, 5.41) is 2.08. The van der Waals surface area contributed by atoms with Crippen molar-refractivity contribution < 1.29 is 23.1 Å². The molecular weight excluding hydrogens is 340 g/mol. The minimum Gasteiger partial charge on any atom is -0.462 e. The maximum Gasteiger partial charge on any atom is 0.319 e. The fourth-order valence-electron chi connectivity index (χ4n) is 1.69. The standard InChI is InChI=1S/C15H17F2N3O3S/c1-4-8(3)23-15(22)12(5-2)24-13-6-9(14(21)19-20-18)10(16)7-11(13)17/h6-8,12H,4-5H2,1-3H3. The number of carbonyl (C=O) groups is 2. The normalized spacial score (nSPS) is 12.9. The van der Waals surface area contributed by atoms with Gasteiger partial charge in [0.2, 0.25) is 0 Å². The van der Waals surface area contributed by atoms with E-state index in [1.165, 1.54) is 0 Å². The molecular formula is C15H17F2N3O3S. The van der Waals surface area contributed by atoms with Crippen LogP contribution in [0.1, 0.15) is 44.0 Å². The van der Waals surface area contributed by atoms with Crippen LogP contribution >= 0.6 is 11.8 Å². The molecule has 1 aromatic rings. The lowest BCUT2D eigenvalue weighted by atomic mass is 10.2. The predicted octanol–water partition coefficient (Wildman–Crippen LogP) is 4.63. The van der Waals surface area contributed by atoms with Gasteiger partial charge in [-0.3, -0.25) is 9.59 Å². The third-order valence-electron chi connectivity index (χ3n) is 3.18. The molecule has 2 unspecified atom stereocenters. The zero-order valence-corrected chi connectivity index (χ0v) is 14.3. The van der Waals surface area contributed by atoms with Gasteiger partial charge in [-0.15, -0.1) is 11.8 Å². The fourth-order valence-corrected chi connectivity index (χ4v) is 2.67. The first-order chi connectivity index (χ1) is 11.3. The van der Waals surface area contributed by atoms with Crippen LogP contribution in [0, 0.1) is 11.6 Å². The van der Waals surface area contributed by atoms with Crippen molar-refractivity contribution in [2.45, 2.75) is 49.9 Å². The molecule has 1 rings (SSSR count). The van der Waals surface area contributed by atoms with E-state index in [4.69, 9.17) is 10.3 Å². The van der Waals surface area contributed by atoms with Gasteiger partial charge < -0.3 is 4.74 Å². The van der Waals surface area contributed by atoms with Crippen LogP contribution in [-0.2, 0) is 9.53 Å². The second kappa shape index (κ2) is 9.24. The number of hydrogen-bond donors (Lipinski definition) is 0. The number of amides is 1. The second-order valence-corrected chi connectivity index (χ2v) is 6.17. The Bertz CT molecular complexity index is 678. The number of esters is 1. The van der Waals surface area contributed by atoms with Gasteiger partial charge in [0.15, 0.2) is 0 Å². The summed E-state index contributed by atoms with van der Waals surface area (Å²) in [6.45, 7) is 5.33. The summed E-state index contributed by atoms with van der Waals surface area (Å²) in [7, 11) is 0. The average molecular weight is 357 g/mol. The molecule has 9 heteroatoms. The summed E-state index contributed by atoms with van der Waals surface area (Å²) in [5.41, 5.74) is 7.70. The Morgan fingerprint density at radius 2 is 1.96 bits per heavy atom. The summed E-state index contributed by atoms with van der Waals surface area (Å²) >= 11 is 0.831. The lowest BCUT2D eigenvalue weighted by molar-refractivity contribution is -0.147. The molecule has 0 saturated heterocycles. The topological polar surface area (TPSA) is 92.1 Å². The molecule has 1 amide bonds. The minimum atomic E-state index is -1.16. The first-order valence-corrected chi connectivity index (χ1v) is 8.17. The van der Waals surface area contributed by atoms with Crippen LogP contribution in [0.25, 0.3) is 10.4 Å². The van der Waals surface area contributed by atoms with E-state index in [2.05, 4.69) is 10.0 Å². The van der Waals surface area contributed by atoms with Crippen molar-refractivity contribution in [1.29, 1.82) is 0 Å². The Labute approximate surface area is 142 Å². The van der Waals surface area contributed by atoms with Gasteiger partial charge in [0, 0.05) is 15.9 Å². The Hall–Kier alpha value is -2.12. The number of nitrogens with zero attached hydrogens (tertiary/aromatic N) is 3. The van der Waals surface area contributed by atoms with Crippen LogP contribution < -0.4 is 0 Å². The van der Waals surface area contributed by atoms with Crippen LogP contribution in [0.4, 0.5) is 8.78 Å². The summed E-state index contributed by atoms with van der Waals surface area (Å²) in [6, 6.07) is 1.46. The van der Waals surface area contributed by atoms with Crippen LogP contribution in [0.2, 0.25) is 0 Å². The lowest BCUT2D eigenvalue weighted by Crippen LogP contribution is -2.24. The van der Waals surface area contributed by atoms with E-state index >= 15 is 0 Å². The molecule has 0 aliphatic carbocycles. The highest BCUT2D eigenvalue weighted by molar-refractivity contribution is 8.00. The van der Waals surface area contributed by atoms with Gasteiger partial charge in [-0.25, -0.2) is 8.78 Å². The Balaban J connectivity index is 3.07. The average Bonchev–Trinajstić information content (AvgIpc) is 2.53. The molecule has 0 N–H and O–H groups in total. The van der Waals surface area contributed by atoms with Crippen molar-refractivity contribution in [3.05, 3.63) is 39.8 Å². The van der Waals surface area contributed by atoms with Crippen LogP contribution in [0.15, 0.2) is 22.1 Å². The maximum atomic E-state index is 13.9. The van der Waals surface area contributed by atoms with Crippen molar-refractivity contribution in [3.63, 3.8) is 0 Å². The Kier molecular flexibility index (Phi) is 7.67. The molecule has 1 aromatic carbocycles. The van der Waals surface area contributed by atoms with Gasteiger partial charge in [0.25, 0.3) is 5.91 Å². The molecule has 130 valence electrons. The first-order valence-electron chi connectivity index (χ1n) is 7.29. The summed E-state index contributed by atoms with van der Waals surface area (Å²) in [6.07, 6.45) is 0.728. The van der Waals surface area contributed by atoms with Gasteiger partial charge in [0.05, 0.1) is 11.7 Å². The number of hydrogen-bond acceptors (Lipinski definition) is 4. The molecule has 0 fully saturated rings. The molecule has 0 aliphatic heterocycles. The van der Waals surface area contributed by atoms with Crippen molar-refractivity contribution >= 4 is 23.6 Å². The number of halogens is 2. The van der Waals surface area contributed by atoms with E-state index in [1.807, 2.05) is 6.92 Å². The molecule has 0 aromatic heterocycles. The molecule has 24 heavy (non-hydrogen) atoms. The lowest BCUT2D eigenvalue weighted by Gasteiger charge is -2.17. The third kappa shape index (κ3) is 5.21. The highest BCUT2D eigenvalue weighted by Crippen LogP contribution is 2.31. The van der Waals surface area contributed by atoms with E-state index in [1.54, 1.807) is 13.8 Å². The van der Waals surface area contributed by atoms with E-state index in [0.29, 0.717) is 18.9 Å². The van der Waals surface area contributed by atoms with Gasteiger partial charge in [-0.05, 0) is 36.5 Å². The summed E-state index contributed by atoms with van der Waals surface area (Å²) in [4.78, 5) is 25.8. The maximum absolute atomic E-state index is 13.9. The Morgan fingerprint density at radius 3 is 2.50 bits per heavy atom. The number of thioether (sulfide) groups is 1. The van der Waals surface area contributed by atoms with Gasteiger partial charge in [-0.2, -0.15) is 0 Å². The van der Waals surface area contributed by atoms with Crippen molar-refractivity contribution in [1.82, 2.24) is 0 Å². The Morgan fingerprint density at radius 1 is 1.29 bits per heavy atom. The van der Waals surface area contributed by atoms with Crippen molar-refractivity contribution in [2.75, 3.05) is 0 Å². The number of carbonyl (C=O) groups excluding carboxylic acids is 2. The second-order valence-electron chi connectivity index (χ2n) is 4.93. The monoisotopic (exact) mass is 357 g/mol. The number of ether oxygens (including phenoxy) is 1. The van der Waals surface area contributed by atoms with Gasteiger partial charge >= 0.3 is 5.97 Å². The molecule has 0 heterocycles. The highest BCUT2D eigenvalue weighted by atomic mass is 32.2. The van der Waals surface area contributed by atoms with Crippen LogP contribution in [0.5, 0.6) is 0 Å². The zero-order chi connectivity index (χ0) is 18.3. The first kappa shape index (κ1) is 19.9. The van der Waals surface area contributed by atoms with E-state index in [0.717, 1.165) is 17.8 Å². The molecule has 0 radical (unpaired) electrons. The molecule has 0 saturated carbocycles. The molecule has 0 bridgehead atoms. The van der Waals surface area contributed by atoms with E-state index < -0.39 is 34.3 Å². The fraction of sp³-hybridized carbons (Fsp3) is 0.467. The number of rotatable bonds is 7. The van der Waals surface area contributed by atoms with E-state index in [-0.39, 0.29) is 11.0 Å². The molecule has 0 spiro atoms. The molecule has 6 nitrogen and oxygen atoms in total. The predicted molar refractivity (Wildman–Crippen MR) is 85.6 cm³/mol. The number of benzene rings is 1. The molecule has 2 atom stereocenters. The third-order valence-corrected chi connectivity index (χ3v) is 4.56. The largest absolute Gasteiger partial charge is 0.462 e. The van der Waals surface area contributed by atoms with Crippen molar-refractivity contribution in [2.24, 2.45) is 5.11 Å².